The van der Waals surface area contributed by atoms with Crippen LogP contribution in [0.4, 0.5) is 4.79 Å². The third-order valence-electron chi connectivity index (χ3n) is 3.06. The van der Waals surface area contributed by atoms with Crippen LogP contribution in [0, 0.1) is 0 Å². The third-order valence-corrected chi connectivity index (χ3v) is 5.83. The molecule has 1 amide bonds. The van der Waals surface area contributed by atoms with Gasteiger partial charge in [0.2, 0.25) is 0 Å². The maximum atomic E-state index is 11.4. The molecule has 0 aromatic rings. The Morgan fingerprint density at radius 1 is 1.14 bits per heavy atom. The number of rotatable bonds is 15. The van der Waals surface area contributed by atoms with Crippen LogP contribution < -0.4 is 10.6 Å². The number of hydrogen-bond acceptors (Lipinski definition) is 7. The maximum Gasteiger partial charge on any atom is 0.407 e. The Morgan fingerprint density at radius 2 is 1.79 bits per heavy atom. The number of hydrogen-bond donors (Lipinski definition) is 2. The molecule has 8 heteroatoms. The minimum atomic E-state index is -0.436. The summed E-state index contributed by atoms with van der Waals surface area (Å²) in [7, 11) is 1.67. The molecule has 1 atom stereocenters. The molecule has 0 aromatic heterocycles. The van der Waals surface area contributed by atoms with E-state index in [1.165, 1.54) is 11.1 Å². The Balaban J connectivity index is -0.000000325. The van der Waals surface area contributed by atoms with E-state index in [1.807, 2.05) is 20.8 Å². The van der Waals surface area contributed by atoms with E-state index in [2.05, 4.69) is 51.5 Å². The second-order valence-corrected chi connectivity index (χ2v) is 8.65. The highest BCUT2D eigenvalue weighted by atomic mass is 33.1. The predicted molar refractivity (Wildman–Crippen MR) is 130 cm³/mol. The highest BCUT2D eigenvalue weighted by Gasteiger charge is 2.20. The summed E-state index contributed by atoms with van der Waals surface area (Å²) in [5, 5.41) is 6.12. The number of alkyl carbamates (subject to hydrolysis) is 1. The fourth-order valence-electron chi connectivity index (χ4n) is 1.44. The van der Waals surface area contributed by atoms with Crippen molar-refractivity contribution in [2.45, 2.75) is 72.1 Å². The van der Waals surface area contributed by atoms with Crippen LogP contribution >= 0.6 is 21.9 Å². The van der Waals surface area contributed by atoms with Crippen LogP contribution in [0.3, 0.4) is 0 Å². The summed E-state index contributed by atoms with van der Waals surface area (Å²) < 4.78 is 15.8. The van der Waals surface area contributed by atoms with Gasteiger partial charge in [0.15, 0.2) is 0 Å². The van der Waals surface area contributed by atoms with E-state index in [0.29, 0.717) is 32.4 Å². The molecule has 0 rings (SSSR count). The molecule has 0 bridgehead atoms. The van der Waals surface area contributed by atoms with Crippen LogP contribution in [0.1, 0.15) is 64.2 Å². The first-order valence-corrected chi connectivity index (χ1v) is 12.2. The van der Waals surface area contributed by atoms with Gasteiger partial charge in [-0.05, 0) is 33.6 Å². The van der Waals surface area contributed by atoms with Crippen molar-refractivity contribution in [1.29, 1.82) is 0 Å². The topological polar surface area (TPSA) is 68.8 Å². The van der Waals surface area contributed by atoms with Crippen molar-refractivity contribution in [3.8, 4) is 0 Å². The van der Waals surface area contributed by atoms with Crippen molar-refractivity contribution >= 4 is 28.0 Å². The van der Waals surface area contributed by atoms with Gasteiger partial charge in [0, 0.05) is 33.3 Å². The van der Waals surface area contributed by atoms with E-state index in [1.54, 1.807) is 10.8 Å². The molecule has 28 heavy (non-hydrogen) atoms. The van der Waals surface area contributed by atoms with Gasteiger partial charge >= 0.3 is 6.09 Å². The fourth-order valence-corrected chi connectivity index (χ4v) is 3.02. The fraction of sp³-hybridized carbons (Fsp3) is 0.850. The molecule has 0 aliphatic heterocycles. The lowest BCUT2D eigenvalue weighted by Crippen LogP contribution is -2.36. The molecule has 0 fully saturated rings. The average Bonchev–Trinajstić information content (AvgIpc) is 2.71. The number of ether oxygens (including phenoxy) is 2. The minimum Gasteiger partial charge on any atom is -0.447 e. The van der Waals surface area contributed by atoms with Crippen molar-refractivity contribution in [3.63, 3.8) is 0 Å². The Labute approximate surface area is 184 Å². The van der Waals surface area contributed by atoms with Gasteiger partial charge in [-0.25, -0.2) is 4.79 Å². The van der Waals surface area contributed by atoms with Crippen molar-refractivity contribution in [3.05, 3.63) is 13.2 Å². The molecular weight excluding hydrogens is 396 g/mol. The van der Waals surface area contributed by atoms with Crippen LogP contribution in [-0.2, 0) is 13.7 Å². The zero-order valence-corrected chi connectivity index (χ0v) is 20.7. The minimum absolute atomic E-state index is 0. The first-order valence-electron chi connectivity index (χ1n) is 10.1. The Kier molecular flexibility index (Phi) is 28.4. The SMILES string of the molecule is C=C.CC.CCCOCCNC(=O)OCCOSSC(C)(C)CNC(C)CC.[HH].[HH]. The number of carbonyl (C=O) groups excluding carboxylic acids is 1. The summed E-state index contributed by atoms with van der Waals surface area (Å²) in [6, 6.07) is 0.523. The van der Waals surface area contributed by atoms with Crippen molar-refractivity contribution in [2.24, 2.45) is 0 Å². The molecule has 0 spiro atoms. The molecule has 0 saturated carbocycles. The van der Waals surface area contributed by atoms with Crippen LogP contribution in [0.2, 0.25) is 0 Å². The monoisotopic (exact) mass is 444 g/mol. The quantitative estimate of drug-likeness (QED) is 0.140. The second-order valence-electron chi connectivity index (χ2n) is 6.10. The summed E-state index contributed by atoms with van der Waals surface area (Å²) in [6.07, 6.45) is 1.66. The lowest BCUT2D eigenvalue weighted by Gasteiger charge is -2.25. The van der Waals surface area contributed by atoms with Gasteiger partial charge in [-0.1, -0.05) is 38.5 Å². The number of nitrogens with one attached hydrogen (secondary N) is 2. The lowest BCUT2D eigenvalue weighted by molar-refractivity contribution is 0.115. The zero-order chi connectivity index (χ0) is 22.3. The molecule has 0 heterocycles. The largest absolute Gasteiger partial charge is 0.447 e. The number of amides is 1. The summed E-state index contributed by atoms with van der Waals surface area (Å²) in [4.78, 5) is 11.4. The van der Waals surface area contributed by atoms with E-state index in [9.17, 15) is 4.79 Å². The van der Waals surface area contributed by atoms with Crippen molar-refractivity contribution in [1.82, 2.24) is 10.6 Å². The molecular formula is C20H48N2O4S2. The highest BCUT2D eigenvalue weighted by Crippen LogP contribution is 2.35. The van der Waals surface area contributed by atoms with Crippen molar-refractivity contribution < 1.29 is 21.3 Å². The first kappa shape index (κ1) is 32.3. The van der Waals surface area contributed by atoms with E-state index in [4.69, 9.17) is 13.7 Å². The van der Waals surface area contributed by atoms with E-state index in [-0.39, 0.29) is 14.2 Å². The zero-order valence-electron chi connectivity index (χ0n) is 19.1. The maximum absolute atomic E-state index is 11.4. The van der Waals surface area contributed by atoms with Crippen molar-refractivity contribution in [2.75, 3.05) is 39.5 Å². The van der Waals surface area contributed by atoms with Crippen LogP contribution in [0.5, 0.6) is 0 Å². The molecule has 0 radical (unpaired) electrons. The Morgan fingerprint density at radius 3 is 2.36 bits per heavy atom. The summed E-state index contributed by atoms with van der Waals surface area (Å²) in [5.74, 6) is 0. The molecule has 1 unspecified atom stereocenters. The average molecular weight is 445 g/mol. The first-order chi connectivity index (χ1) is 13.4. The van der Waals surface area contributed by atoms with Gasteiger partial charge in [-0.2, -0.15) is 0 Å². The van der Waals surface area contributed by atoms with Gasteiger partial charge in [0.25, 0.3) is 0 Å². The number of carbonyl (C=O) groups is 1. The molecule has 0 aliphatic rings. The molecule has 0 aromatic carbocycles. The standard InChI is InChI=1S/C16H34N2O4S2.C2H6.C2H4.2H2/c1-6-9-20-10-8-17-15(19)21-11-12-22-24-23-16(4,5)13-18-14(3)7-2;2*1-2;;/h14,18H,6-13H2,1-5H3,(H,17,19);1-2H3;1-2H2;2*1H. The van der Waals surface area contributed by atoms with Gasteiger partial charge in [-0.15, -0.1) is 13.2 Å². The lowest BCUT2D eigenvalue weighted by atomic mass is 10.2. The van der Waals surface area contributed by atoms with E-state index >= 15 is 0 Å². The van der Waals surface area contributed by atoms with Crippen LogP contribution in [-0.4, -0.2) is 56.4 Å². The second kappa shape index (κ2) is 24.6. The normalized spacial score (nSPS) is 11.4. The van der Waals surface area contributed by atoms with Gasteiger partial charge in [0.05, 0.1) is 24.3 Å². The Hall–Kier alpha value is -0.410. The van der Waals surface area contributed by atoms with Gasteiger partial charge in [-0.3, -0.25) is 0 Å². The summed E-state index contributed by atoms with van der Waals surface area (Å²) in [5.41, 5.74) is 0. The summed E-state index contributed by atoms with van der Waals surface area (Å²) >= 11 is 1.34. The molecule has 174 valence electrons. The van der Waals surface area contributed by atoms with Gasteiger partial charge in [0.1, 0.15) is 6.61 Å². The Bertz CT molecular complexity index is 346. The molecule has 2 N–H and O–H groups in total. The highest BCUT2D eigenvalue weighted by molar-refractivity contribution is 8.75. The predicted octanol–water partition coefficient (Wildman–Crippen LogP) is 5.94. The van der Waals surface area contributed by atoms with E-state index < -0.39 is 6.09 Å². The van der Waals surface area contributed by atoms with Crippen LogP contribution in [0.25, 0.3) is 0 Å². The summed E-state index contributed by atoms with van der Waals surface area (Å²) in [6.45, 7) is 23.9. The van der Waals surface area contributed by atoms with E-state index in [0.717, 1.165) is 19.4 Å². The third kappa shape index (κ3) is 25.6. The molecule has 0 saturated heterocycles. The van der Waals surface area contributed by atoms with Crippen LogP contribution in [0.15, 0.2) is 13.2 Å². The molecule has 0 aliphatic carbocycles. The smallest absolute Gasteiger partial charge is 0.407 e. The molecule has 6 nitrogen and oxygen atoms in total. The van der Waals surface area contributed by atoms with Gasteiger partial charge < -0.3 is 24.3 Å².